The van der Waals surface area contributed by atoms with Gasteiger partial charge in [-0.3, -0.25) is 4.99 Å². The molecule has 0 radical (unpaired) electrons. The highest BCUT2D eigenvalue weighted by Gasteiger charge is 2.42. The normalized spacial score (nSPS) is 29.2. The number of hydrogen-bond acceptors (Lipinski definition) is 3. The summed E-state index contributed by atoms with van der Waals surface area (Å²) in [7, 11) is 1.92. The summed E-state index contributed by atoms with van der Waals surface area (Å²) in [5.41, 5.74) is 0.406. The molecule has 3 aliphatic heterocycles. The highest BCUT2D eigenvalue weighted by Crippen LogP contribution is 2.38. The summed E-state index contributed by atoms with van der Waals surface area (Å²) >= 11 is 0. The minimum Gasteiger partial charge on any atom is -0.381 e. The van der Waals surface area contributed by atoms with Crippen LogP contribution in [-0.2, 0) is 4.74 Å². The van der Waals surface area contributed by atoms with Crippen LogP contribution in [0.1, 0.15) is 39.0 Å². The molecule has 0 aromatic heterocycles. The summed E-state index contributed by atoms with van der Waals surface area (Å²) < 4.78 is 5.64. The quantitative estimate of drug-likeness (QED) is 0.406. The number of piperidine rings is 1. The Morgan fingerprint density at radius 2 is 2.04 bits per heavy atom. The van der Waals surface area contributed by atoms with Crippen molar-refractivity contribution >= 4 is 29.9 Å². The van der Waals surface area contributed by atoms with E-state index in [-0.39, 0.29) is 24.0 Å². The molecule has 3 fully saturated rings. The van der Waals surface area contributed by atoms with Crippen molar-refractivity contribution in [1.29, 1.82) is 0 Å². The summed E-state index contributed by atoms with van der Waals surface area (Å²) in [5.74, 6) is 1.90. The van der Waals surface area contributed by atoms with Gasteiger partial charge >= 0.3 is 0 Å². The lowest BCUT2D eigenvalue weighted by Crippen LogP contribution is -2.45. The van der Waals surface area contributed by atoms with Crippen LogP contribution < -0.4 is 5.32 Å². The van der Waals surface area contributed by atoms with E-state index in [2.05, 4.69) is 27.0 Å². The summed E-state index contributed by atoms with van der Waals surface area (Å²) in [6.07, 6.45) is 6.39. The third kappa shape index (κ3) is 4.97. The predicted octanol–water partition coefficient (Wildman–Crippen LogP) is 2.41. The van der Waals surface area contributed by atoms with Gasteiger partial charge in [0.25, 0.3) is 0 Å². The van der Waals surface area contributed by atoms with E-state index in [1.807, 2.05) is 7.05 Å². The lowest BCUT2D eigenvalue weighted by Gasteiger charge is -2.32. The molecule has 5 nitrogen and oxygen atoms in total. The van der Waals surface area contributed by atoms with Crippen molar-refractivity contribution in [2.75, 3.05) is 59.5 Å². The smallest absolute Gasteiger partial charge is 0.193 e. The first-order valence-corrected chi connectivity index (χ1v) is 9.50. The van der Waals surface area contributed by atoms with Crippen LogP contribution in [0.5, 0.6) is 0 Å². The van der Waals surface area contributed by atoms with Crippen LogP contribution >= 0.6 is 24.0 Å². The Balaban J connectivity index is 0.00000208. The molecule has 6 heteroatoms. The lowest BCUT2D eigenvalue weighted by molar-refractivity contribution is 0.156. The molecule has 0 amide bonds. The standard InChI is InChI=1S/C18H34N4O.HI/c1-3-8-21-9-4-16(5-10-21)13-20-17(19-2)22-11-6-18(14-22)7-12-23-15-18;/h16H,3-15H2,1-2H3,(H,19,20);1H. The number of rotatable bonds is 4. The highest BCUT2D eigenvalue weighted by atomic mass is 127. The average Bonchev–Trinajstić information content (AvgIpc) is 3.20. The number of halogens is 1. The maximum atomic E-state index is 5.64. The fourth-order valence-corrected chi connectivity index (χ4v) is 4.39. The zero-order valence-electron chi connectivity index (χ0n) is 15.4. The van der Waals surface area contributed by atoms with Crippen molar-refractivity contribution in [2.24, 2.45) is 16.3 Å². The van der Waals surface area contributed by atoms with Gasteiger partial charge in [-0.25, -0.2) is 0 Å². The van der Waals surface area contributed by atoms with Crippen LogP contribution in [0.3, 0.4) is 0 Å². The van der Waals surface area contributed by atoms with E-state index in [1.165, 1.54) is 51.7 Å². The molecule has 0 aromatic rings. The Morgan fingerprint density at radius 1 is 1.25 bits per heavy atom. The van der Waals surface area contributed by atoms with Crippen LogP contribution in [0.25, 0.3) is 0 Å². The van der Waals surface area contributed by atoms with Gasteiger partial charge in [0.1, 0.15) is 0 Å². The maximum Gasteiger partial charge on any atom is 0.193 e. The molecular weight excluding hydrogens is 415 g/mol. The van der Waals surface area contributed by atoms with E-state index in [0.29, 0.717) is 5.41 Å². The molecule has 0 aliphatic carbocycles. The number of nitrogens with zero attached hydrogens (tertiary/aromatic N) is 3. The van der Waals surface area contributed by atoms with Gasteiger partial charge in [0, 0.05) is 38.7 Å². The first-order valence-electron chi connectivity index (χ1n) is 9.50. The Bertz CT molecular complexity index is 404. The molecule has 1 unspecified atom stereocenters. The maximum absolute atomic E-state index is 5.64. The van der Waals surface area contributed by atoms with Crippen LogP contribution in [-0.4, -0.2) is 75.3 Å². The van der Waals surface area contributed by atoms with E-state index in [9.17, 15) is 0 Å². The number of hydrogen-bond donors (Lipinski definition) is 1. The number of ether oxygens (including phenoxy) is 1. The van der Waals surface area contributed by atoms with Crippen LogP contribution in [0.2, 0.25) is 0 Å². The van der Waals surface area contributed by atoms with Crippen molar-refractivity contribution in [3.63, 3.8) is 0 Å². The second kappa shape index (κ2) is 9.57. The largest absolute Gasteiger partial charge is 0.381 e. The molecule has 140 valence electrons. The van der Waals surface area contributed by atoms with Crippen LogP contribution in [0.4, 0.5) is 0 Å². The second-order valence-corrected chi connectivity index (χ2v) is 7.69. The minimum absolute atomic E-state index is 0. The molecule has 1 atom stereocenters. The van der Waals surface area contributed by atoms with Gasteiger partial charge in [0.15, 0.2) is 5.96 Å². The van der Waals surface area contributed by atoms with Gasteiger partial charge in [-0.1, -0.05) is 6.92 Å². The van der Waals surface area contributed by atoms with E-state index < -0.39 is 0 Å². The molecule has 0 bridgehead atoms. The molecule has 1 spiro atoms. The van der Waals surface area contributed by atoms with E-state index in [1.54, 1.807) is 0 Å². The first kappa shape index (κ1) is 20.2. The van der Waals surface area contributed by atoms with Gasteiger partial charge < -0.3 is 19.9 Å². The predicted molar refractivity (Wildman–Crippen MR) is 110 cm³/mol. The Morgan fingerprint density at radius 3 is 2.67 bits per heavy atom. The van der Waals surface area contributed by atoms with Crippen LogP contribution in [0.15, 0.2) is 4.99 Å². The van der Waals surface area contributed by atoms with Crippen molar-refractivity contribution in [3.05, 3.63) is 0 Å². The van der Waals surface area contributed by atoms with Gasteiger partial charge in [-0.15, -0.1) is 24.0 Å². The molecule has 3 saturated heterocycles. The minimum atomic E-state index is 0. The summed E-state index contributed by atoms with van der Waals surface area (Å²) in [4.78, 5) is 9.59. The van der Waals surface area contributed by atoms with Crippen molar-refractivity contribution in [1.82, 2.24) is 15.1 Å². The molecule has 1 N–H and O–H groups in total. The van der Waals surface area contributed by atoms with E-state index >= 15 is 0 Å². The van der Waals surface area contributed by atoms with Gasteiger partial charge in [-0.2, -0.15) is 0 Å². The Labute approximate surface area is 164 Å². The number of aliphatic imine (C=N–C) groups is 1. The lowest BCUT2D eigenvalue weighted by atomic mass is 9.87. The van der Waals surface area contributed by atoms with Crippen molar-refractivity contribution in [3.8, 4) is 0 Å². The molecule has 0 aromatic carbocycles. The number of likely N-dealkylation sites (tertiary alicyclic amines) is 2. The summed E-state index contributed by atoms with van der Waals surface area (Å²) in [5, 5.41) is 3.65. The monoisotopic (exact) mass is 450 g/mol. The summed E-state index contributed by atoms with van der Waals surface area (Å²) in [6, 6.07) is 0. The van der Waals surface area contributed by atoms with E-state index in [4.69, 9.17) is 4.74 Å². The molecule has 3 aliphatic rings. The SMILES string of the molecule is CCCN1CCC(CNC(=NC)N2CCC3(CCOC3)C2)CC1.I. The molecule has 3 heterocycles. The number of nitrogens with one attached hydrogen (secondary N) is 1. The fraction of sp³-hybridized carbons (Fsp3) is 0.944. The first-order chi connectivity index (χ1) is 11.2. The zero-order chi connectivity index (χ0) is 16.1. The van der Waals surface area contributed by atoms with Crippen molar-refractivity contribution in [2.45, 2.75) is 39.0 Å². The third-order valence-electron chi connectivity index (χ3n) is 5.93. The number of guanidine groups is 1. The fourth-order valence-electron chi connectivity index (χ4n) is 4.39. The average molecular weight is 450 g/mol. The Hall–Kier alpha value is -0.0800. The molecule has 24 heavy (non-hydrogen) atoms. The zero-order valence-corrected chi connectivity index (χ0v) is 17.8. The topological polar surface area (TPSA) is 40.1 Å². The molecule has 0 saturated carbocycles. The highest BCUT2D eigenvalue weighted by molar-refractivity contribution is 14.0. The molecular formula is C18H35IN4O. The second-order valence-electron chi connectivity index (χ2n) is 7.69. The van der Waals surface area contributed by atoms with Gasteiger partial charge in [0.05, 0.1) is 6.61 Å². The summed E-state index contributed by atoms with van der Waals surface area (Å²) in [6.45, 7) is 11.3. The van der Waals surface area contributed by atoms with Gasteiger partial charge in [-0.05, 0) is 57.7 Å². The third-order valence-corrected chi connectivity index (χ3v) is 5.93. The van der Waals surface area contributed by atoms with E-state index in [0.717, 1.165) is 44.7 Å². The molecule has 3 rings (SSSR count). The van der Waals surface area contributed by atoms with Crippen molar-refractivity contribution < 1.29 is 4.74 Å². The van der Waals surface area contributed by atoms with Gasteiger partial charge in [0.2, 0.25) is 0 Å². The Kier molecular flexibility index (Phi) is 8.07. The van der Waals surface area contributed by atoms with Crippen LogP contribution in [0, 0.1) is 11.3 Å².